The number of hydrogen-bond acceptors (Lipinski definition) is 4. The number of amides is 1. The highest BCUT2D eigenvalue weighted by Crippen LogP contribution is 2.46. The highest BCUT2D eigenvalue weighted by Gasteiger charge is 2.55. The molecule has 1 heterocycles. The van der Waals surface area contributed by atoms with Gasteiger partial charge in [-0.2, -0.15) is 0 Å². The molecular weight excluding hydrogens is 272 g/mol. The quantitative estimate of drug-likeness (QED) is 0.879. The Kier molecular flexibility index (Phi) is 4.00. The molecule has 114 valence electrons. The number of nitrogens with one attached hydrogen (secondary N) is 1. The van der Waals surface area contributed by atoms with Crippen molar-refractivity contribution in [3.63, 3.8) is 0 Å². The number of pyridine rings is 1. The summed E-state index contributed by atoms with van der Waals surface area (Å²) in [5.74, 6) is -1.14. The fourth-order valence-corrected chi connectivity index (χ4v) is 3.30. The van der Waals surface area contributed by atoms with Crippen LogP contribution >= 0.6 is 0 Å². The van der Waals surface area contributed by atoms with E-state index in [-0.39, 0.29) is 35.1 Å². The van der Waals surface area contributed by atoms with Crippen molar-refractivity contribution < 1.29 is 19.4 Å². The molecule has 1 fully saturated rings. The molecule has 0 spiro atoms. The van der Waals surface area contributed by atoms with Crippen LogP contribution in [0.15, 0.2) is 18.3 Å². The molecule has 1 aromatic rings. The van der Waals surface area contributed by atoms with Crippen molar-refractivity contribution >= 4 is 11.9 Å². The summed E-state index contributed by atoms with van der Waals surface area (Å²) in [4.78, 5) is 26.7. The summed E-state index contributed by atoms with van der Waals surface area (Å²) in [5, 5.41) is 11.8. The van der Waals surface area contributed by atoms with E-state index < -0.39 is 5.97 Å². The molecule has 6 nitrogen and oxygen atoms in total. The van der Waals surface area contributed by atoms with E-state index in [1.165, 1.54) is 18.3 Å². The first-order chi connectivity index (χ1) is 9.78. The number of aromatic carboxylic acids is 1. The van der Waals surface area contributed by atoms with Crippen LogP contribution in [0.5, 0.6) is 0 Å². The Balaban J connectivity index is 2.07. The summed E-state index contributed by atoms with van der Waals surface area (Å²) in [6, 6.07) is 2.80. The second-order valence-corrected chi connectivity index (χ2v) is 6.03. The van der Waals surface area contributed by atoms with Crippen molar-refractivity contribution in [2.24, 2.45) is 11.3 Å². The smallest absolute Gasteiger partial charge is 0.354 e. The third-order valence-electron chi connectivity index (χ3n) is 4.32. The van der Waals surface area contributed by atoms with Crippen LogP contribution in [0.1, 0.15) is 41.6 Å². The molecule has 2 N–H and O–H groups in total. The molecule has 0 aliphatic heterocycles. The van der Waals surface area contributed by atoms with Crippen molar-refractivity contribution in [2.45, 2.75) is 32.9 Å². The van der Waals surface area contributed by atoms with Gasteiger partial charge in [0.25, 0.3) is 5.91 Å². The van der Waals surface area contributed by atoms with E-state index in [4.69, 9.17) is 9.84 Å². The van der Waals surface area contributed by atoms with Crippen molar-refractivity contribution in [1.29, 1.82) is 0 Å². The molecule has 2 rings (SSSR count). The number of carbonyl (C=O) groups excluding carboxylic acids is 1. The van der Waals surface area contributed by atoms with Crippen LogP contribution in [0, 0.1) is 11.3 Å². The number of methoxy groups -OCH3 is 1. The van der Waals surface area contributed by atoms with Crippen LogP contribution in [-0.2, 0) is 4.74 Å². The molecular formula is C15H20N2O4. The minimum Gasteiger partial charge on any atom is -0.477 e. The average molecular weight is 292 g/mol. The van der Waals surface area contributed by atoms with Gasteiger partial charge in [0.15, 0.2) is 0 Å². The molecule has 0 radical (unpaired) electrons. The molecule has 1 amide bonds. The molecule has 3 unspecified atom stereocenters. The zero-order chi connectivity index (χ0) is 15.8. The van der Waals surface area contributed by atoms with E-state index in [0.29, 0.717) is 5.56 Å². The van der Waals surface area contributed by atoms with Crippen LogP contribution in [0.3, 0.4) is 0 Å². The molecule has 1 aromatic heterocycles. The van der Waals surface area contributed by atoms with Gasteiger partial charge < -0.3 is 15.2 Å². The summed E-state index contributed by atoms with van der Waals surface area (Å²) < 4.78 is 5.44. The normalized spacial score (nSPS) is 26.8. The molecule has 3 atom stereocenters. The summed E-state index contributed by atoms with van der Waals surface area (Å²) in [6.07, 6.45) is 1.39. The minimum absolute atomic E-state index is 0.00843. The lowest BCUT2D eigenvalue weighted by Gasteiger charge is -2.56. The molecule has 21 heavy (non-hydrogen) atoms. The van der Waals surface area contributed by atoms with Crippen LogP contribution in [0.4, 0.5) is 0 Å². The third kappa shape index (κ3) is 2.63. The van der Waals surface area contributed by atoms with E-state index in [1.54, 1.807) is 7.11 Å². The Morgan fingerprint density at radius 2 is 2.05 bits per heavy atom. The molecule has 1 aliphatic carbocycles. The first kappa shape index (κ1) is 15.4. The van der Waals surface area contributed by atoms with Gasteiger partial charge in [0.05, 0.1) is 11.7 Å². The van der Waals surface area contributed by atoms with Crippen LogP contribution in [0.2, 0.25) is 0 Å². The lowest BCUT2D eigenvalue weighted by molar-refractivity contribution is -0.141. The lowest BCUT2D eigenvalue weighted by atomic mass is 9.58. The zero-order valence-corrected chi connectivity index (χ0v) is 12.6. The molecule has 0 saturated heterocycles. The van der Waals surface area contributed by atoms with E-state index in [9.17, 15) is 9.59 Å². The van der Waals surface area contributed by atoms with Crippen molar-refractivity contribution in [2.75, 3.05) is 7.11 Å². The fourth-order valence-electron chi connectivity index (χ4n) is 3.30. The van der Waals surface area contributed by atoms with Crippen LogP contribution < -0.4 is 5.32 Å². The molecule has 6 heteroatoms. The molecule has 1 saturated carbocycles. The first-order valence-electron chi connectivity index (χ1n) is 6.82. The van der Waals surface area contributed by atoms with Gasteiger partial charge in [-0.25, -0.2) is 9.78 Å². The SMILES string of the molecule is COC1C(C)C(NC(=O)c2ccc(C(=O)O)nc2)C1(C)C. The monoisotopic (exact) mass is 292 g/mol. The van der Waals surface area contributed by atoms with Gasteiger partial charge >= 0.3 is 5.97 Å². The Morgan fingerprint density at radius 1 is 1.38 bits per heavy atom. The van der Waals surface area contributed by atoms with Crippen molar-refractivity contribution in [3.05, 3.63) is 29.6 Å². The number of hydrogen-bond donors (Lipinski definition) is 2. The van der Waals surface area contributed by atoms with E-state index in [2.05, 4.69) is 24.1 Å². The maximum atomic E-state index is 12.2. The number of carboxylic acids is 1. The molecule has 0 aromatic carbocycles. The van der Waals surface area contributed by atoms with Crippen LogP contribution in [0.25, 0.3) is 0 Å². The van der Waals surface area contributed by atoms with Gasteiger partial charge in [0.2, 0.25) is 0 Å². The van der Waals surface area contributed by atoms with Gasteiger partial charge in [0, 0.05) is 30.7 Å². The first-order valence-corrected chi connectivity index (χ1v) is 6.82. The number of nitrogens with zero attached hydrogens (tertiary/aromatic N) is 1. The van der Waals surface area contributed by atoms with Gasteiger partial charge in [-0.1, -0.05) is 20.8 Å². The van der Waals surface area contributed by atoms with Gasteiger partial charge in [-0.15, -0.1) is 0 Å². The molecule has 0 bridgehead atoms. The highest BCUT2D eigenvalue weighted by molar-refractivity contribution is 5.95. The predicted molar refractivity (Wildman–Crippen MR) is 76.2 cm³/mol. The zero-order valence-electron chi connectivity index (χ0n) is 12.6. The van der Waals surface area contributed by atoms with Gasteiger partial charge in [0.1, 0.15) is 5.69 Å². The number of ether oxygens (including phenoxy) is 1. The summed E-state index contributed by atoms with van der Waals surface area (Å²) >= 11 is 0. The highest BCUT2D eigenvalue weighted by atomic mass is 16.5. The Bertz CT molecular complexity index is 553. The van der Waals surface area contributed by atoms with Gasteiger partial charge in [-0.05, 0) is 12.1 Å². The van der Waals surface area contributed by atoms with E-state index in [1.807, 2.05) is 6.92 Å². The second kappa shape index (κ2) is 5.44. The van der Waals surface area contributed by atoms with Gasteiger partial charge in [-0.3, -0.25) is 4.79 Å². The maximum absolute atomic E-state index is 12.2. The van der Waals surface area contributed by atoms with E-state index in [0.717, 1.165) is 0 Å². The Hall–Kier alpha value is -1.95. The number of carboxylic acid groups (broad SMARTS) is 1. The second-order valence-electron chi connectivity index (χ2n) is 6.03. The largest absolute Gasteiger partial charge is 0.477 e. The minimum atomic E-state index is -1.11. The topological polar surface area (TPSA) is 88.5 Å². The summed E-state index contributed by atoms with van der Waals surface area (Å²) in [7, 11) is 1.68. The Labute approximate surface area is 123 Å². The fraction of sp³-hybridized carbons (Fsp3) is 0.533. The van der Waals surface area contributed by atoms with Crippen molar-refractivity contribution in [1.82, 2.24) is 10.3 Å². The van der Waals surface area contributed by atoms with E-state index >= 15 is 0 Å². The molecule has 1 aliphatic rings. The summed E-state index contributed by atoms with van der Waals surface area (Å²) in [5.41, 5.74) is 0.130. The average Bonchev–Trinajstić information content (AvgIpc) is 2.44. The number of aromatic nitrogens is 1. The number of rotatable bonds is 4. The van der Waals surface area contributed by atoms with Crippen LogP contribution in [-0.4, -0.2) is 41.2 Å². The predicted octanol–water partition coefficient (Wildman–Crippen LogP) is 1.57. The maximum Gasteiger partial charge on any atom is 0.354 e. The number of carbonyl (C=O) groups is 2. The Morgan fingerprint density at radius 3 is 2.48 bits per heavy atom. The lowest BCUT2D eigenvalue weighted by Crippen LogP contribution is -2.67. The third-order valence-corrected chi connectivity index (χ3v) is 4.32. The summed E-state index contributed by atoms with van der Waals surface area (Å²) in [6.45, 7) is 6.14. The van der Waals surface area contributed by atoms with Crippen molar-refractivity contribution in [3.8, 4) is 0 Å². The standard InChI is InChI=1S/C15H20N2O4/c1-8-11(15(2,3)12(8)21-4)17-13(18)9-5-6-10(14(19)20)16-7-9/h5-8,11-12H,1-4H3,(H,17,18)(H,19,20).